The van der Waals surface area contributed by atoms with Gasteiger partial charge < -0.3 is 4.74 Å². The van der Waals surface area contributed by atoms with Crippen molar-refractivity contribution in [3.8, 4) is 0 Å². The Labute approximate surface area is 141 Å². The number of hydrogen-bond donors (Lipinski definition) is 0. The fourth-order valence-corrected chi connectivity index (χ4v) is 9.72. The molecule has 1 unspecified atom stereocenters. The third-order valence-electron chi connectivity index (χ3n) is 6.19. The fraction of sp³-hybridized carbons (Fsp3) is 0.889. The predicted octanol–water partition coefficient (Wildman–Crippen LogP) is 5.49. The summed E-state index contributed by atoms with van der Waals surface area (Å²) >= 11 is 0. The first-order valence-corrected chi connectivity index (χ1v) is 12.9. The first kappa shape index (κ1) is 20.5. The van der Waals surface area contributed by atoms with Crippen LogP contribution in [-0.2, 0) is 4.74 Å². The lowest BCUT2D eigenvalue weighted by atomic mass is 9.67. The first-order valence-electron chi connectivity index (χ1n) is 8.61. The summed E-state index contributed by atoms with van der Waals surface area (Å²) in [7, 11) is 5.91. The molecule has 0 amide bonds. The maximum atomic E-state index is 6.59. The van der Waals surface area contributed by atoms with Gasteiger partial charge in [0.2, 0.25) is 5.34 Å². The lowest BCUT2D eigenvalue weighted by Crippen LogP contribution is -2.32. The predicted molar refractivity (Wildman–Crippen MR) is 110 cm³/mol. The zero-order chi connectivity index (χ0) is 17.3. The molecule has 4 heteroatoms. The summed E-state index contributed by atoms with van der Waals surface area (Å²) in [6.45, 7) is 14.8. The van der Waals surface area contributed by atoms with Crippen molar-refractivity contribution in [3.63, 3.8) is 0 Å². The molecule has 0 saturated heterocycles. The largest absolute Gasteiger partial charge is 0.332 e. The Kier molecular flexibility index (Phi) is 6.69. The van der Waals surface area contributed by atoms with E-state index in [0.29, 0.717) is 5.92 Å². The Balaban J connectivity index is 2.80. The topological polar surface area (TPSA) is 9.23 Å². The van der Waals surface area contributed by atoms with E-state index in [4.69, 9.17) is 12.6 Å². The first-order chi connectivity index (χ1) is 9.89. The second-order valence-corrected chi connectivity index (χ2v) is 15.4. The molecule has 0 aromatic heterocycles. The van der Waals surface area contributed by atoms with Crippen LogP contribution in [0.3, 0.4) is 0 Å². The van der Waals surface area contributed by atoms with Gasteiger partial charge in [-0.2, -0.15) is 0 Å². The summed E-state index contributed by atoms with van der Waals surface area (Å²) in [5, 5.41) is -0.151. The molecule has 1 aliphatic rings. The van der Waals surface area contributed by atoms with Crippen LogP contribution in [0.5, 0.6) is 0 Å². The van der Waals surface area contributed by atoms with Crippen molar-refractivity contribution in [1.82, 2.24) is 0 Å². The van der Waals surface area contributed by atoms with Gasteiger partial charge in [0.05, 0.1) is 20.2 Å². The summed E-state index contributed by atoms with van der Waals surface area (Å²) in [5.74, 6) is 1.89. The van der Waals surface area contributed by atoms with Crippen molar-refractivity contribution in [2.24, 2.45) is 11.3 Å². The second kappa shape index (κ2) is 7.17. The van der Waals surface area contributed by atoms with Gasteiger partial charge in [-0.15, -0.1) is 0 Å². The van der Waals surface area contributed by atoms with Gasteiger partial charge in [0, 0.05) is 13.8 Å². The van der Waals surface area contributed by atoms with Crippen LogP contribution < -0.4 is 0 Å². The van der Waals surface area contributed by atoms with Gasteiger partial charge in [0.1, 0.15) is 13.4 Å². The third kappa shape index (κ3) is 4.31. The van der Waals surface area contributed by atoms with Gasteiger partial charge in [0.25, 0.3) is 0 Å². The monoisotopic (exact) mass is 341 g/mol. The summed E-state index contributed by atoms with van der Waals surface area (Å²) in [6.07, 6.45) is 12.7. The zero-order valence-electron chi connectivity index (χ0n) is 15.9. The van der Waals surface area contributed by atoms with E-state index < -0.39 is 14.4 Å². The minimum Gasteiger partial charge on any atom is -0.332 e. The molecule has 1 nitrogen and oxygen atoms in total. The van der Waals surface area contributed by atoms with E-state index in [2.05, 4.69) is 61.1 Å². The normalized spacial score (nSPS) is 29.6. The van der Waals surface area contributed by atoms with Gasteiger partial charge in [0.15, 0.2) is 0 Å². The Morgan fingerprint density at radius 1 is 1.32 bits per heavy atom. The summed E-state index contributed by atoms with van der Waals surface area (Å²) < 4.78 is 6.59. The highest BCUT2D eigenvalue weighted by atomic mass is 31.2. The smallest absolute Gasteiger partial charge is 0.219 e. The number of ether oxygens (including phenoxy) is 1. The van der Waals surface area contributed by atoms with Crippen LogP contribution in [0.4, 0.5) is 0 Å². The van der Waals surface area contributed by atoms with Gasteiger partial charge in [-0.25, -0.2) is 0 Å². The average Bonchev–Trinajstić information content (AvgIpc) is 2.61. The summed E-state index contributed by atoms with van der Waals surface area (Å²) in [5.41, 5.74) is 0.153. The molecule has 1 fully saturated rings. The van der Waals surface area contributed by atoms with Crippen molar-refractivity contribution in [2.45, 2.75) is 72.2 Å². The molecular formula is C18H36BOP2+. The van der Waals surface area contributed by atoms with Crippen LogP contribution in [0.15, 0.2) is 0 Å². The van der Waals surface area contributed by atoms with Gasteiger partial charge in [-0.1, -0.05) is 53.6 Å². The van der Waals surface area contributed by atoms with Gasteiger partial charge >= 0.3 is 0 Å². The average molecular weight is 341 g/mol. The summed E-state index contributed by atoms with van der Waals surface area (Å²) in [4.78, 5) is 0. The van der Waals surface area contributed by atoms with Crippen molar-refractivity contribution in [1.29, 1.82) is 0 Å². The van der Waals surface area contributed by atoms with Crippen LogP contribution in [-0.4, -0.2) is 50.1 Å². The highest BCUT2D eigenvalue weighted by Crippen LogP contribution is 2.58. The van der Waals surface area contributed by atoms with E-state index in [9.17, 15) is 0 Å². The van der Waals surface area contributed by atoms with E-state index in [1.807, 2.05) is 0 Å². The van der Waals surface area contributed by atoms with Crippen molar-refractivity contribution >= 4 is 34.9 Å². The van der Waals surface area contributed by atoms with Crippen LogP contribution in [0, 0.1) is 11.3 Å². The van der Waals surface area contributed by atoms with E-state index >= 15 is 0 Å². The van der Waals surface area contributed by atoms with Crippen molar-refractivity contribution in [2.75, 3.05) is 18.2 Å². The summed E-state index contributed by atoms with van der Waals surface area (Å²) in [6, 6.07) is 0. The lowest BCUT2D eigenvalue weighted by Gasteiger charge is -2.32. The lowest BCUT2D eigenvalue weighted by molar-refractivity contribution is -0.0426. The Morgan fingerprint density at radius 2 is 1.82 bits per heavy atom. The van der Waals surface area contributed by atoms with E-state index in [1.54, 1.807) is 0 Å². The number of rotatable bonds is 7. The maximum Gasteiger partial charge on any atom is 0.219 e. The maximum absolute atomic E-state index is 6.59. The molecule has 2 radical (unpaired) electrons. The highest BCUT2D eigenvalue weighted by molar-refractivity contribution is 7.83. The molecule has 0 bridgehead atoms. The molecule has 0 spiro atoms. The van der Waals surface area contributed by atoms with Crippen LogP contribution in [0.1, 0.15) is 54.9 Å². The molecule has 0 aromatic rings. The number of hydrogen-bond acceptors (Lipinski definition) is 1. The van der Waals surface area contributed by atoms with E-state index in [-0.39, 0.29) is 22.7 Å². The highest BCUT2D eigenvalue weighted by Gasteiger charge is 2.48. The molecule has 1 rings (SSSR count). The van der Waals surface area contributed by atoms with E-state index in [1.165, 1.54) is 18.2 Å². The van der Waals surface area contributed by atoms with Gasteiger partial charge in [-0.05, 0) is 30.1 Å². The third-order valence-corrected chi connectivity index (χ3v) is 14.3. The minimum atomic E-state index is -1.07. The molecule has 1 aliphatic carbocycles. The van der Waals surface area contributed by atoms with Crippen molar-refractivity contribution in [3.05, 3.63) is 0 Å². The minimum absolute atomic E-state index is 0.151. The van der Waals surface area contributed by atoms with Gasteiger partial charge in [-0.3, -0.25) is 0 Å². The second-order valence-electron chi connectivity index (χ2n) is 8.21. The molecular weight excluding hydrogens is 305 g/mol. The van der Waals surface area contributed by atoms with Crippen LogP contribution >= 0.6 is 14.4 Å². The Morgan fingerprint density at radius 3 is 2.18 bits per heavy atom. The fourth-order valence-electron chi connectivity index (χ4n) is 3.13. The van der Waals surface area contributed by atoms with Crippen LogP contribution in [0.25, 0.3) is 0 Å². The molecule has 0 aromatic carbocycles. The van der Waals surface area contributed by atoms with Crippen LogP contribution in [0.2, 0.25) is 5.82 Å². The molecule has 0 N–H and O–H groups in total. The quantitative estimate of drug-likeness (QED) is 0.439. The Hall–Kier alpha value is 0.495. The molecule has 4 atom stereocenters. The molecule has 0 aliphatic heterocycles. The molecule has 0 heterocycles. The molecule has 126 valence electrons. The zero-order valence-corrected chi connectivity index (χ0v) is 17.6. The SMILES string of the molecule is [B][C@@H]1C[C@H](OC(C)(C)[P+](=C)CP(=C)(CC)CC)[C@@H](C)C1(C)C. The standard InChI is InChI=1S/C18H36BOP2/c1-10-22(9,11-2)13-21(8)18(6,7)20-15-12-16(19)17(4,5)14(15)3/h14-16H,8-13H2,1-7H3/q+1/t14-,15+,16-/m1/s1. The molecule has 1 saturated carbocycles. The van der Waals surface area contributed by atoms with E-state index in [0.717, 1.165) is 6.42 Å². The Bertz CT molecular complexity index is 448. The molecule has 22 heavy (non-hydrogen) atoms. The van der Waals surface area contributed by atoms with Crippen molar-refractivity contribution < 1.29 is 4.74 Å².